The fourth-order valence-corrected chi connectivity index (χ4v) is 1.49. The van der Waals surface area contributed by atoms with Crippen LogP contribution in [0, 0.1) is 12.3 Å². The lowest BCUT2D eigenvalue weighted by Gasteiger charge is -2.31. The molecular formula is C9H14N2O. The van der Waals surface area contributed by atoms with Crippen LogP contribution >= 0.6 is 0 Å². The van der Waals surface area contributed by atoms with Crippen molar-refractivity contribution in [2.75, 3.05) is 20.1 Å². The van der Waals surface area contributed by atoms with Crippen LogP contribution in [0.15, 0.2) is 0 Å². The van der Waals surface area contributed by atoms with E-state index in [4.69, 9.17) is 6.42 Å². The van der Waals surface area contributed by atoms with Gasteiger partial charge >= 0.3 is 0 Å². The summed E-state index contributed by atoms with van der Waals surface area (Å²) in [6, 6.07) is 0.413. The molecule has 1 aliphatic rings. The number of nitrogens with zero attached hydrogens (tertiary/aromatic N) is 1. The number of rotatable bonds is 1. The summed E-state index contributed by atoms with van der Waals surface area (Å²) in [4.78, 5) is 12.8. The molecule has 1 fully saturated rings. The van der Waals surface area contributed by atoms with Crippen molar-refractivity contribution in [3.05, 3.63) is 0 Å². The van der Waals surface area contributed by atoms with Gasteiger partial charge < -0.3 is 10.2 Å². The van der Waals surface area contributed by atoms with E-state index in [2.05, 4.69) is 11.2 Å². The van der Waals surface area contributed by atoms with E-state index in [-0.39, 0.29) is 5.91 Å². The van der Waals surface area contributed by atoms with Gasteiger partial charge in [0.2, 0.25) is 0 Å². The molecule has 66 valence electrons. The molecular weight excluding hydrogens is 152 g/mol. The van der Waals surface area contributed by atoms with Crippen LogP contribution in [0.1, 0.15) is 12.8 Å². The second-order valence-corrected chi connectivity index (χ2v) is 3.02. The molecule has 3 heteroatoms. The van der Waals surface area contributed by atoms with Crippen LogP contribution in [0.3, 0.4) is 0 Å². The zero-order chi connectivity index (χ0) is 8.97. The van der Waals surface area contributed by atoms with Gasteiger partial charge in [-0.2, -0.15) is 0 Å². The third-order valence-electron chi connectivity index (χ3n) is 2.24. The van der Waals surface area contributed by atoms with E-state index in [9.17, 15) is 4.79 Å². The fraction of sp³-hybridized carbons (Fsp3) is 0.667. The van der Waals surface area contributed by atoms with Gasteiger partial charge in [0.05, 0.1) is 0 Å². The van der Waals surface area contributed by atoms with E-state index in [0.717, 1.165) is 25.9 Å². The highest BCUT2D eigenvalue weighted by Gasteiger charge is 2.20. The van der Waals surface area contributed by atoms with Crippen molar-refractivity contribution in [3.63, 3.8) is 0 Å². The van der Waals surface area contributed by atoms with Crippen LogP contribution in [0.2, 0.25) is 0 Å². The first-order chi connectivity index (χ1) is 5.77. The Morgan fingerprint density at radius 2 is 2.50 bits per heavy atom. The Hall–Kier alpha value is -1.01. The number of piperidine rings is 1. The highest BCUT2D eigenvalue weighted by Crippen LogP contribution is 2.09. The predicted molar refractivity (Wildman–Crippen MR) is 47.5 cm³/mol. The lowest BCUT2D eigenvalue weighted by molar-refractivity contribution is -0.126. The van der Waals surface area contributed by atoms with E-state index in [1.54, 1.807) is 4.90 Å². The first-order valence-electron chi connectivity index (χ1n) is 4.20. The fourth-order valence-electron chi connectivity index (χ4n) is 1.49. The summed E-state index contributed by atoms with van der Waals surface area (Å²) < 4.78 is 0. The number of carbonyl (C=O) groups excluding carboxylic acids is 1. The van der Waals surface area contributed by atoms with Gasteiger partial charge in [0.1, 0.15) is 0 Å². The zero-order valence-corrected chi connectivity index (χ0v) is 7.34. The summed E-state index contributed by atoms with van der Waals surface area (Å²) in [7, 11) is 1.91. The van der Waals surface area contributed by atoms with E-state index in [0.29, 0.717) is 6.04 Å². The Labute approximate surface area is 73.1 Å². The first kappa shape index (κ1) is 9.08. The molecule has 3 nitrogen and oxygen atoms in total. The van der Waals surface area contributed by atoms with Gasteiger partial charge in [-0.05, 0) is 25.8 Å². The highest BCUT2D eigenvalue weighted by molar-refractivity contribution is 5.92. The van der Waals surface area contributed by atoms with Crippen molar-refractivity contribution in [1.29, 1.82) is 0 Å². The van der Waals surface area contributed by atoms with E-state index in [1.165, 1.54) is 0 Å². The lowest BCUT2D eigenvalue weighted by Crippen LogP contribution is -2.46. The maximum absolute atomic E-state index is 11.1. The normalized spacial score (nSPS) is 23.3. The summed E-state index contributed by atoms with van der Waals surface area (Å²) in [6.07, 6.45) is 7.20. The maximum Gasteiger partial charge on any atom is 0.298 e. The van der Waals surface area contributed by atoms with Crippen LogP contribution in [0.5, 0.6) is 0 Å². The molecule has 0 radical (unpaired) electrons. The van der Waals surface area contributed by atoms with E-state index in [1.807, 2.05) is 7.05 Å². The topological polar surface area (TPSA) is 32.3 Å². The van der Waals surface area contributed by atoms with Gasteiger partial charge in [-0.3, -0.25) is 4.79 Å². The number of amides is 1. The zero-order valence-electron chi connectivity index (χ0n) is 7.34. The van der Waals surface area contributed by atoms with Crippen molar-refractivity contribution in [1.82, 2.24) is 10.2 Å². The molecule has 0 aromatic heterocycles. The summed E-state index contributed by atoms with van der Waals surface area (Å²) in [5, 5.41) is 3.15. The van der Waals surface area contributed by atoms with Crippen molar-refractivity contribution < 1.29 is 4.79 Å². The molecule has 0 aliphatic carbocycles. The Kier molecular flexibility index (Phi) is 3.12. The molecule has 0 spiro atoms. The second kappa shape index (κ2) is 4.13. The molecule has 1 amide bonds. The predicted octanol–water partition coefficient (Wildman–Crippen LogP) is -0.170. The lowest BCUT2D eigenvalue weighted by atomic mass is 10.1. The monoisotopic (exact) mass is 166 g/mol. The van der Waals surface area contributed by atoms with Crippen LogP contribution in [-0.2, 0) is 4.79 Å². The number of likely N-dealkylation sites (N-methyl/N-ethyl adjacent to an activating group) is 1. The van der Waals surface area contributed by atoms with Crippen molar-refractivity contribution in [2.45, 2.75) is 18.9 Å². The molecule has 1 unspecified atom stereocenters. The minimum atomic E-state index is -0.185. The van der Waals surface area contributed by atoms with Gasteiger partial charge in [0.25, 0.3) is 5.91 Å². The number of likely N-dealkylation sites (tertiary alicyclic amines) is 1. The van der Waals surface area contributed by atoms with Crippen molar-refractivity contribution in [2.24, 2.45) is 0 Å². The quantitative estimate of drug-likeness (QED) is 0.548. The number of hydrogen-bond acceptors (Lipinski definition) is 2. The van der Waals surface area contributed by atoms with Crippen LogP contribution < -0.4 is 5.32 Å². The Morgan fingerprint density at radius 1 is 1.75 bits per heavy atom. The van der Waals surface area contributed by atoms with Gasteiger partial charge in [-0.1, -0.05) is 0 Å². The van der Waals surface area contributed by atoms with Crippen molar-refractivity contribution >= 4 is 5.91 Å². The van der Waals surface area contributed by atoms with Gasteiger partial charge in [-0.15, -0.1) is 6.42 Å². The van der Waals surface area contributed by atoms with Crippen LogP contribution in [0.25, 0.3) is 0 Å². The Balaban J connectivity index is 2.47. The van der Waals surface area contributed by atoms with E-state index < -0.39 is 0 Å². The molecule has 0 aromatic rings. The largest absolute Gasteiger partial charge is 0.330 e. The first-order valence-corrected chi connectivity index (χ1v) is 4.20. The third kappa shape index (κ3) is 1.99. The maximum atomic E-state index is 11.1. The average molecular weight is 166 g/mol. The van der Waals surface area contributed by atoms with Gasteiger partial charge in [0.15, 0.2) is 0 Å². The molecule has 1 N–H and O–H groups in total. The Bertz CT molecular complexity index is 207. The van der Waals surface area contributed by atoms with Crippen molar-refractivity contribution in [3.8, 4) is 12.3 Å². The molecule has 1 rings (SSSR count). The minimum absolute atomic E-state index is 0.185. The van der Waals surface area contributed by atoms with E-state index >= 15 is 0 Å². The molecule has 1 heterocycles. The number of hydrogen-bond donors (Lipinski definition) is 1. The van der Waals surface area contributed by atoms with Crippen LogP contribution in [0.4, 0.5) is 0 Å². The SMILES string of the molecule is C#CC(=O)N1CCCC(NC)C1. The summed E-state index contributed by atoms with van der Waals surface area (Å²) in [5.74, 6) is 1.95. The third-order valence-corrected chi connectivity index (χ3v) is 2.24. The highest BCUT2D eigenvalue weighted by atomic mass is 16.2. The van der Waals surface area contributed by atoms with Crippen LogP contribution in [-0.4, -0.2) is 37.0 Å². The second-order valence-electron chi connectivity index (χ2n) is 3.02. The van der Waals surface area contributed by atoms with Gasteiger partial charge in [0, 0.05) is 19.1 Å². The number of nitrogens with one attached hydrogen (secondary N) is 1. The minimum Gasteiger partial charge on any atom is -0.330 e. The molecule has 12 heavy (non-hydrogen) atoms. The molecule has 1 aliphatic heterocycles. The molecule has 0 saturated carbocycles. The summed E-state index contributed by atoms with van der Waals surface area (Å²) in [6.45, 7) is 1.56. The average Bonchev–Trinajstić information content (AvgIpc) is 2.17. The van der Waals surface area contributed by atoms with Gasteiger partial charge in [-0.25, -0.2) is 0 Å². The summed E-state index contributed by atoms with van der Waals surface area (Å²) in [5.41, 5.74) is 0. The Morgan fingerprint density at radius 3 is 3.08 bits per heavy atom. The number of terminal acetylenes is 1. The molecule has 1 atom stereocenters. The summed E-state index contributed by atoms with van der Waals surface area (Å²) >= 11 is 0. The smallest absolute Gasteiger partial charge is 0.298 e. The number of carbonyl (C=O) groups is 1. The standard InChI is InChI=1S/C9H14N2O/c1-3-9(12)11-6-4-5-8(7-11)10-2/h1,8,10H,4-7H2,2H3. The molecule has 0 bridgehead atoms. The molecule has 0 aromatic carbocycles. The molecule has 1 saturated heterocycles.